The standard InChI is InChI=1S/C12H22N4O4.C6H6BrN/c1-5-12(8(17)16(13)9(18)15-12)6-7-14-10(19)20-11(2,3)4;7-5-1-3-6(8)4-2-5/h5-7,13H2,1-4H3,(H,14,19)(H,15,18);1-4H,8H2. The molecule has 2 rings (SSSR count). The van der Waals surface area contributed by atoms with E-state index in [9.17, 15) is 14.4 Å². The van der Waals surface area contributed by atoms with Crippen LogP contribution in [0.3, 0.4) is 0 Å². The minimum absolute atomic E-state index is 0.197. The summed E-state index contributed by atoms with van der Waals surface area (Å²) in [6, 6.07) is 6.90. The molecule has 1 heterocycles. The molecule has 0 spiro atoms. The molecule has 6 N–H and O–H groups in total. The Balaban J connectivity index is 0.000000406. The van der Waals surface area contributed by atoms with Crippen molar-refractivity contribution in [2.24, 2.45) is 5.84 Å². The largest absolute Gasteiger partial charge is 0.444 e. The summed E-state index contributed by atoms with van der Waals surface area (Å²) in [7, 11) is 0. The zero-order chi connectivity index (χ0) is 21.5. The summed E-state index contributed by atoms with van der Waals surface area (Å²) in [5, 5.41) is 5.68. The van der Waals surface area contributed by atoms with Crippen LogP contribution in [0.25, 0.3) is 0 Å². The molecule has 0 aromatic heterocycles. The first-order valence-corrected chi connectivity index (χ1v) is 9.59. The minimum Gasteiger partial charge on any atom is -0.444 e. The van der Waals surface area contributed by atoms with E-state index in [1.807, 2.05) is 24.3 Å². The summed E-state index contributed by atoms with van der Waals surface area (Å²) in [6.45, 7) is 7.24. The number of nitrogens with one attached hydrogen (secondary N) is 2. The van der Waals surface area contributed by atoms with E-state index in [-0.39, 0.29) is 13.0 Å². The highest BCUT2D eigenvalue weighted by molar-refractivity contribution is 9.10. The summed E-state index contributed by atoms with van der Waals surface area (Å²) in [6.07, 6.45) is 0.0765. The highest BCUT2D eigenvalue weighted by Gasteiger charge is 2.48. The monoisotopic (exact) mass is 457 g/mol. The van der Waals surface area contributed by atoms with E-state index >= 15 is 0 Å². The predicted molar refractivity (Wildman–Crippen MR) is 110 cm³/mol. The number of amides is 4. The maximum Gasteiger partial charge on any atom is 0.407 e. The highest BCUT2D eigenvalue weighted by atomic mass is 79.9. The molecule has 4 amide bonds. The lowest BCUT2D eigenvalue weighted by atomic mass is 9.92. The number of anilines is 1. The normalized spacial score (nSPS) is 18.9. The van der Waals surface area contributed by atoms with Gasteiger partial charge in [-0.2, -0.15) is 5.01 Å². The molecule has 0 bridgehead atoms. The zero-order valence-corrected chi connectivity index (χ0v) is 18.1. The number of nitrogen functional groups attached to an aromatic ring is 1. The number of ether oxygens (including phenoxy) is 1. The van der Waals surface area contributed by atoms with Gasteiger partial charge in [0, 0.05) is 16.7 Å². The summed E-state index contributed by atoms with van der Waals surface area (Å²) in [4.78, 5) is 34.8. The molecule has 0 aliphatic carbocycles. The van der Waals surface area contributed by atoms with E-state index in [1.54, 1.807) is 27.7 Å². The molecular formula is C18H28BrN5O4. The average molecular weight is 458 g/mol. The molecule has 1 saturated heterocycles. The molecule has 0 radical (unpaired) electrons. The Morgan fingerprint density at radius 2 is 1.86 bits per heavy atom. The predicted octanol–water partition coefficient (Wildman–Crippen LogP) is 2.51. The highest BCUT2D eigenvalue weighted by Crippen LogP contribution is 2.22. The van der Waals surface area contributed by atoms with Crippen LogP contribution in [0.15, 0.2) is 28.7 Å². The Hall–Kier alpha value is -2.33. The van der Waals surface area contributed by atoms with Crippen molar-refractivity contribution in [3.8, 4) is 0 Å². The Morgan fingerprint density at radius 1 is 1.29 bits per heavy atom. The molecule has 1 atom stereocenters. The fourth-order valence-corrected chi connectivity index (χ4v) is 2.65. The van der Waals surface area contributed by atoms with E-state index in [1.165, 1.54) is 0 Å². The van der Waals surface area contributed by atoms with Gasteiger partial charge in [-0.05, 0) is 57.9 Å². The number of hydrazine groups is 1. The van der Waals surface area contributed by atoms with Gasteiger partial charge in [-0.15, -0.1) is 0 Å². The summed E-state index contributed by atoms with van der Waals surface area (Å²) in [5.74, 6) is 4.86. The Labute approximate surface area is 173 Å². The van der Waals surface area contributed by atoms with Crippen molar-refractivity contribution in [1.29, 1.82) is 0 Å². The molecule has 1 unspecified atom stereocenters. The number of alkyl carbamates (subject to hydrolysis) is 1. The first-order valence-electron chi connectivity index (χ1n) is 8.79. The Morgan fingerprint density at radius 3 is 2.25 bits per heavy atom. The van der Waals surface area contributed by atoms with Crippen LogP contribution in [-0.4, -0.2) is 40.7 Å². The maximum atomic E-state index is 11.9. The Kier molecular flexibility index (Phi) is 8.25. The number of hydrogen-bond donors (Lipinski definition) is 4. The topological polar surface area (TPSA) is 140 Å². The van der Waals surface area contributed by atoms with Crippen LogP contribution in [-0.2, 0) is 9.53 Å². The Bertz CT molecular complexity index is 684. The maximum absolute atomic E-state index is 11.9. The number of carbonyl (C=O) groups is 3. The summed E-state index contributed by atoms with van der Waals surface area (Å²) < 4.78 is 6.14. The molecule has 156 valence electrons. The average Bonchev–Trinajstić information content (AvgIpc) is 2.81. The molecule has 10 heteroatoms. The van der Waals surface area contributed by atoms with Gasteiger partial charge in [0.15, 0.2) is 0 Å². The quantitative estimate of drug-likeness (QED) is 0.237. The van der Waals surface area contributed by atoms with Gasteiger partial charge in [0.05, 0.1) is 0 Å². The van der Waals surface area contributed by atoms with Crippen molar-refractivity contribution in [2.45, 2.75) is 51.7 Å². The van der Waals surface area contributed by atoms with Crippen molar-refractivity contribution < 1.29 is 19.1 Å². The fraction of sp³-hybridized carbons (Fsp3) is 0.500. The molecule has 1 aromatic rings. The second kappa shape index (κ2) is 9.74. The smallest absolute Gasteiger partial charge is 0.407 e. The minimum atomic E-state index is -1.05. The molecular weight excluding hydrogens is 430 g/mol. The lowest BCUT2D eigenvalue weighted by molar-refractivity contribution is -0.131. The number of rotatable bonds is 4. The lowest BCUT2D eigenvalue weighted by Crippen LogP contribution is -2.49. The number of urea groups is 1. The number of halogens is 1. The van der Waals surface area contributed by atoms with Crippen molar-refractivity contribution in [3.63, 3.8) is 0 Å². The van der Waals surface area contributed by atoms with Gasteiger partial charge in [-0.3, -0.25) is 4.79 Å². The SMILES string of the molecule is CCC1(CCNC(=O)OC(C)(C)C)NC(=O)N(N)C1=O.Nc1ccc(Br)cc1. The van der Waals surface area contributed by atoms with Crippen LogP contribution in [0, 0.1) is 0 Å². The molecule has 0 saturated carbocycles. The van der Waals surface area contributed by atoms with Gasteiger partial charge in [-0.1, -0.05) is 22.9 Å². The van der Waals surface area contributed by atoms with Crippen LogP contribution >= 0.6 is 15.9 Å². The van der Waals surface area contributed by atoms with Gasteiger partial charge in [0.25, 0.3) is 5.91 Å². The number of hydrogen-bond acceptors (Lipinski definition) is 6. The fourth-order valence-electron chi connectivity index (χ4n) is 2.38. The third kappa shape index (κ3) is 7.01. The van der Waals surface area contributed by atoms with Gasteiger partial charge < -0.3 is 21.1 Å². The molecule has 9 nitrogen and oxygen atoms in total. The number of carbonyl (C=O) groups excluding carboxylic acids is 3. The van der Waals surface area contributed by atoms with E-state index in [4.69, 9.17) is 16.3 Å². The third-order valence-electron chi connectivity index (χ3n) is 3.89. The van der Waals surface area contributed by atoms with Crippen LogP contribution in [0.4, 0.5) is 15.3 Å². The zero-order valence-electron chi connectivity index (χ0n) is 16.5. The molecule has 1 aliphatic heterocycles. The van der Waals surface area contributed by atoms with Crippen LogP contribution in [0.1, 0.15) is 40.5 Å². The molecule has 1 aliphatic rings. The van der Waals surface area contributed by atoms with Gasteiger partial charge in [0.1, 0.15) is 11.1 Å². The van der Waals surface area contributed by atoms with E-state index in [2.05, 4.69) is 26.6 Å². The van der Waals surface area contributed by atoms with E-state index in [0.29, 0.717) is 11.4 Å². The van der Waals surface area contributed by atoms with Crippen LogP contribution in [0.5, 0.6) is 0 Å². The first-order chi connectivity index (χ1) is 12.9. The van der Waals surface area contributed by atoms with Gasteiger partial charge in [-0.25, -0.2) is 15.4 Å². The lowest BCUT2D eigenvalue weighted by Gasteiger charge is -2.25. The molecule has 1 aromatic carbocycles. The second-order valence-corrected chi connectivity index (χ2v) is 8.19. The number of nitrogens with zero attached hydrogens (tertiary/aromatic N) is 1. The van der Waals surface area contributed by atoms with E-state index < -0.39 is 29.2 Å². The summed E-state index contributed by atoms with van der Waals surface area (Å²) in [5.41, 5.74) is 4.57. The van der Waals surface area contributed by atoms with Crippen molar-refractivity contribution in [3.05, 3.63) is 28.7 Å². The number of imide groups is 1. The van der Waals surface area contributed by atoms with Gasteiger partial charge in [0.2, 0.25) is 0 Å². The third-order valence-corrected chi connectivity index (χ3v) is 4.42. The molecule has 1 fully saturated rings. The number of benzene rings is 1. The van der Waals surface area contributed by atoms with Crippen molar-refractivity contribution in [1.82, 2.24) is 15.6 Å². The van der Waals surface area contributed by atoms with E-state index in [0.717, 1.165) is 10.2 Å². The summed E-state index contributed by atoms with van der Waals surface area (Å²) >= 11 is 3.29. The van der Waals surface area contributed by atoms with Crippen molar-refractivity contribution in [2.75, 3.05) is 12.3 Å². The van der Waals surface area contributed by atoms with Crippen LogP contribution in [0.2, 0.25) is 0 Å². The second-order valence-electron chi connectivity index (χ2n) is 7.27. The number of nitrogens with two attached hydrogens (primary N) is 2. The molecule has 28 heavy (non-hydrogen) atoms. The van der Waals surface area contributed by atoms with Gasteiger partial charge >= 0.3 is 12.1 Å². The van der Waals surface area contributed by atoms with Crippen molar-refractivity contribution >= 4 is 39.6 Å². The first kappa shape index (κ1) is 23.7. The van der Waals surface area contributed by atoms with Crippen LogP contribution < -0.4 is 22.2 Å².